The molecular weight excluding hydrogens is 314 g/mol. The number of sulfonamides is 1. The molecule has 23 heavy (non-hydrogen) atoms. The molecule has 0 atom stereocenters. The van der Waals surface area contributed by atoms with Crippen molar-refractivity contribution < 1.29 is 13.2 Å². The fraction of sp³-hybridized carbons (Fsp3) is 0.125. The molecule has 0 radical (unpaired) electrons. The third-order valence-corrected chi connectivity index (χ3v) is 4.58. The number of carbonyl (C=O) groups excluding carboxylic acids is 1. The van der Waals surface area contributed by atoms with Crippen LogP contribution in [-0.4, -0.2) is 21.4 Å². The Hall–Kier alpha value is -2.69. The molecular formula is C16H15N3O3S. The van der Waals surface area contributed by atoms with Crippen molar-refractivity contribution in [2.75, 3.05) is 12.4 Å². The smallest absolute Gasteiger partial charge is 0.255 e. The summed E-state index contributed by atoms with van der Waals surface area (Å²) in [6.45, 7) is 0. The Morgan fingerprint density at radius 3 is 2.48 bits per heavy atom. The summed E-state index contributed by atoms with van der Waals surface area (Å²) in [5.41, 5.74) is 1.66. The van der Waals surface area contributed by atoms with Gasteiger partial charge >= 0.3 is 0 Å². The van der Waals surface area contributed by atoms with Gasteiger partial charge in [-0.1, -0.05) is 18.2 Å². The molecule has 2 aromatic rings. The number of hydrogen-bond donors (Lipinski definition) is 2. The number of carbonyl (C=O) groups is 1. The minimum atomic E-state index is -3.60. The van der Waals surface area contributed by atoms with Gasteiger partial charge in [0.15, 0.2) is 0 Å². The largest absolute Gasteiger partial charge is 0.322 e. The molecule has 2 N–H and O–H groups in total. The van der Waals surface area contributed by atoms with E-state index in [0.29, 0.717) is 12.1 Å². The van der Waals surface area contributed by atoms with E-state index in [2.05, 4.69) is 10.0 Å². The highest BCUT2D eigenvalue weighted by molar-refractivity contribution is 7.89. The molecule has 0 bridgehead atoms. The van der Waals surface area contributed by atoms with Crippen molar-refractivity contribution >= 4 is 21.6 Å². The van der Waals surface area contributed by atoms with E-state index < -0.39 is 15.9 Å². The molecule has 0 saturated heterocycles. The normalized spacial score (nSPS) is 10.8. The second-order valence-electron chi connectivity index (χ2n) is 4.72. The van der Waals surface area contributed by atoms with Crippen LogP contribution in [0.5, 0.6) is 0 Å². The van der Waals surface area contributed by atoms with Gasteiger partial charge in [0.2, 0.25) is 10.0 Å². The average molecular weight is 329 g/mol. The van der Waals surface area contributed by atoms with Crippen LogP contribution in [0.3, 0.4) is 0 Å². The van der Waals surface area contributed by atoms with Crippen molar-refractivity contribution in [3.05, 3.63) is 59.7 Å². The van der Waals surface area contributed by atoms with Crippen molar-refractivity contribution in [2.45, 2.75) is 11.3 Å². The van der Waals surface area contributed by atoms with Crippen LogP contribution in [0.25, 0.3) is 0 Å². The number of hydrogen-bond acceptors (Lipinski definition) is 4. The predicted octanol–water partition coefficient (Wildman–Crippen LogP) is 1.91. The second kappa shape index (κ2) is 7.05. The van der Waals surface area contributed by atoms with E-state index in [0.717, 1.165) is 5.56 Å². The summed E-state index contributed by atoms with van der Waals surface area (Å²) >= 11 is 0. The molecule has 118 valence electrons. The summed E-state index contributed by atoms with van der Waals surface area (Å²) in [7, 11) is -2.29. The lowest BCUT2D eigenvalue weighted by molar-refractivity contribution is 0.102. The van der Waals surface area contributed by atoms with Gasteiger partial charge in [0, 0.05) is 11.3 Å². The molecule has 0 aliphatic rings. The van der Waals surface area contributed by atoms with E-state index >= 15 is 0 Å². The van der Waals surface area contributed by atoms with Crippen LogP contribution in [0, 0.1) is 11.3 Å². The first-order valence-electron chi connectivity index (χ1n) is 6.77. The quantitative estimate of drug-likeness (QED) is 0.875. The molecule has 0 fully saturated rings. The molecule has 0 heterocycles. The molecule has 0 unspecified atom stereocenters. The Bertz CT molecular complexity index is 853. The highest BCUT2D eigenvalue weighted by Gasteiger charge is 2.14. The van der Waals surface area contributed by atoms with Crippen LogP contribution in [0.4, 0.5) is 5.69 Å². The lowest BCUT2D eigenvalue weighted by Gasteiger charge is -2.08. The summed E-state index contributed by atoms with van der Waals surface area (Å²) in [5.74, 6) is -0.411. The number of anilines is 1. The van der Waals surface area contributed by atoms with Crippen LogP contribution < -0.4 is 10.0 Å². The van der Waals surface area contributed by atoms with Crippen LogP contribution in [0.2, 0.25) is 0 Å². The van der Waals surface area contributed by atoms with Gasteiger partial charge in [-0.15, -0.1) is 0 Å². The van der Waals surface area contributed by atoms with Crippen LogP contribution >= 0.6 is 0 Å². The highest BCUT2D eigenvalue weighted by atomic mass is 32.2. The van der Waals surface area contributed by atoms with E-state index in [9.17, 15) is 13.2 Å². The average Bonchev–Trinajstić information content (AvgIpc) is 2.57. The zero-order chi connectivity index (χ0) is 16.9. The van der Waals surface area contributed by atoms with Crippen LogP contribution in [0.15, 0.2) is 53.4 Å². The van der Waals surface area contributed by atoms with Gasteiger partial charge < -0.3 is 5.32 Å². The summed E-state index contributed by atoms with van der Waals surface area (Å²) < 4.78 is 25.7. The summed E-state index contributed by atoms with van der Waals surface area (Å²) in [6, 6.07) is 14.7. The van der Waals surface area contributed by atoms with Crippen molar-refractivity contribution in [3.8, 4) is 6.07 Å². The van der Waals surface area contributed by atoms with Gasteiger partial charge in [0.05, 0.1) is 17.4 Å². The maximum absolute atomic E-state index is 12.2. The van der Waals surface area contributed by atoms with E-state index in [1.807, 2.05) is 6.07 Å². The van der Waals surface area contributed by atoms with Gasteiger partial charge in [-0.2, -0.15) is 5.26 Å². The molecule has 0 aliphatic carbocycles. The Balaban J connectivity index is 2.18. The lowest BCUT2D eigenvalue weighted by atomic mass is 10.1. The maximum Gasteiger partial charge on any atom is 0.255 e. The lowest BCUT2D eigenvalue weighted by Crippen LogP contribution is -2.19. The van der Waals surface area contributed by atoms with Gasteiger partial charge in [0.25, 0.3) is 5.91 Å². The van der Waals surface area contributed by atoms with Crippen LogP contribution in [0.1, 0.15) is 15.9 Å². The summed E-state index contributed by atoms with van der Waals surface area (Å²) in [5, 5.41) is 11.3. The van der Waals surface area contributed by atoms with E-state index in [1.165, 1.54) is 31.3 Å². The molecule has 2 rings (SSSR count). The molecule has 0 saturated carbocycles. The zero-order valence-corrected chi connectivity index (χ0v) is 13.2. The van der Waals surface area contributed by atoms with Gasteiger partial charge in [0.1, 0.15) is 0 Å². The maximum atomic E-state index is 12.2. The van der Waals surface area contributed by atoms with Crippen molar-refractivity contribution in [3.63, 3.8) is 0 Å². The van der Waals surface area contributed by atoms with Gasteiger partial charge in [-0.05, 0) is 42.9 Å². The van der Waals surface area contributed by atoms with Crippen molar-refractivity contribution in [1.29, 1.82) is 5.26 Å². The standard InChI is InChI=1S/C16H15N3O3S/c1-18-23(21,22)15-4-2-3-13(11-15)16(20)19-14-7-5-12(6-8-14)9-10-17/h2-8,11,18H,9H2,1H3,(H,19,20). The third-order valence-electron chi connectivity index (χ3n) is 3.17. The summed E-state index contributed by atoms with van der Waals surface area (Å²) in [6.07, 6.45) is 0.304. The molecule has 0 aliphatic heterocycles. The van der Waals surface area contributed by atoms with E-state index in [1.54, 1.807) is 24.3 Å². The predicted molar refractivity (Wildman–Crippen MR) is 86.4 cm³/mol. The Morgan fingerprint density at radius 2 is 1.87 bits per heavy atom. The van der Waals surface area contributed by atoms with E-state index in [4.69, 9.17) is 5.26 Å². The number of amides is 1. The first-order valence-corrected chi connectivity index (χ1v) is 8.25. The fourth-order valence-electron chi connectivity index (χ4n) is 1.92. The van der Waals surface area contributed by atoms with Gasteiger partial charge in [-0.25, -0.2) is 13.1 Å². The number of nitriles is 1. The van der Waals surface area contributed by atoms with Gasteiger partial charge in [-0.3, -0.25) is 4.79 Å². The van der Waals surface area contributed by atoms with Crippen LogP contribution in [-0.2, 0) is 16.4 Å². The zero-order valence-electron chi connectivity index (χ0n) is 12.4. The van der Waals surface area contributed by atoms with Crippen molar-refractivity contribution in [2.24, 2.45) is 0 Å². The number of rotatable bonds is 5. The SMILES string of the molecule is CNS(=O)(=O)c1cccc(C(=O)Nc2ccc(CC#N)cc2)c1. The molecule has 7 heteroatoms. The Kier molecular flexibility index (Phi) is 5.11. The summed E-state index contributed by atoms with van der Waals surface area (Å²) in [4.78, 5) is 12.2. The molecule has 6 nitrogen and oxygen atoms in total. The number of nitrogens with one attached hydrogen (secondary N) is 2. The van der Waals surface area contributed by atoms with Crippen molar-refractivity contribution in [1.82, 2.24) is 4.72 Å². The first kappa shape index (κ1) is 16.7. The molecule has 1 amide bonds. The monoisotopic (exact) mass is 329 g/mol. The third kappa shape index (κ3) is 4.16. The Labute approximate surface area is 134 Å². The molecule has 2 aromatic carbocycles. The first-order chi connectivity index (χ1) is 11.0. The minimum absolute atomic E-state index is 0.0250. The number of benzene rings is 2. The Morgan fingerprint density at radius 1 is 1.17 bits per heavy atom. The highest BCUT2D eigenvalue weighted by Crippen LogP contribution is 2.14. The molecule has 0 aromatic heterocycles. The molecule has 0 spiro atoms. The van der Waals surface area contributed by atoms with E-state index in [-0.39, 0.29) is 10.5 Å². The number of nitrogens with zero attached hydrogens (tertiary/aromatic N) is 1. The minimum Gasteiger partial charge on any atom is -0.322 e. The fourth-order valence-corrected chi connectivity index (χ4v) is 2.70. The second-order valence-corrected chi connectivity index (χ2v) is 6.61. The topological polar surface area (TPSA) is 99.1 Å².